The Labute approximate surface area is 233 Å². The molecule has 41 heavy (non-hydrogen) atoms. The zero-order chi connectivity index (χ0) is 30.3. The molecule has 0 bridgehead atoms. The molecule has 214 valence electrons. The molecule has 0 aliphatic rings. The maximum atomic E-state index is 15.4. The van der Waals surface area contributed by atoms with Gasteiger partial charge in [-0.05, 0) is 42.5 Å². The number of methoxy groups -OCH3 is 2. The highest BCUT2D eigenvalue weighted by Crippen LogP contribution is 2.35. The molecule has 1 atom stereocenters. The van der Waals surface area contributed by atoms with E-state index in [1.54, 1.807) is 36.4 Å². The van der Waals surface area contributed by atoms with Crippen molar-refractivity contribution >= 4 is 23.4 Å². The minimum absolute atomic E-state index is 0.0473. The number of aliphatic carboxylic acids is 1. The number of para-hydroxylation sites is 1. The van der Waals surface area contributed by atoms with Gasteiger partial charge in [-0.2, -0.15) is 4.68 Å². The molecule has 1 heterocycles. The lowest BCUT2D eigenvalue weighted by molar-refractivity contribution is -0.134. The van der Waals surface area contributed by atoms with E-state index in [0.29, 0.717) is 11.3 Å². The average Bonchev–Trinajstić information content (AvgIpc) is 3.32. The highest BCUT2D eigenvalue weighted by atomic mass is 19.1. The van der Waals surface area contributed by atoms with Crippen LogP contribution in [-0.4, -0.2) is 51.8 Å². The van der Waals surface area contributed by atoms with E-state index in [1.807, 2.05) is 0 Å². The normalized spacial score (nSPS) is 11.0. The highest BCUT2D eigenvalue weighted by Gasteiger charge is 2.26. The number of halogens is 1. The number of carbonyl (C=O) groups is 2. The highest BCUT2D eigenvalue weighted by molar-refractivity contribution is 5.96. The second-order valence-electron chi connectivity index (χ2n) is 8.42. The largest absolute Gasteiger partial charge is 0.493 e. The lowest BCUT2D eigenvalue weighted by atomic mass is 10.0. The second-order valence-corrected chi connectivity index (χ2v) is 8.42. The van der Waals surface area contributed by atoms with Gasteiger partial charge in [0.2, 0.25) is 0 Å². The van der Waals surface area contributed by atoms with Gasteiger partial charge in [-0.1, -0.05) is 12.1 Å². The number of aromatic amines is 1. The first-order chi connectivity index (χ1) is 19.5. The molecule has 1 aromatic heterocycles. The van der Waals surface area contributed by atoms with Crippen molar-refractivity contribution in [3.63, 3.8) is 0 Å². The number of primary amides is 1. The Hall–Kier alpha value is -5.66. The number of carbonyl (C=O) groups excluding carboxylic acids is 1. The number of amidine groups is 1. The summed E-state index contributed by atoms with van der Waals surface area (Å²) in [7, 11) is 2.80. The van der Waals surface area contributed by atoms with Crippen molar-refractivity contribution in [3.8, 4) is 17.2 Å². The van der Waals surface area contributed by atoms with Crippen LogP contribution in [0.1, 0.15) is 40.3 Å². The van der Waals surface area contributed by atoms with Crippen molar-refractivity contribution in [3.05, 3.63) is 99.5 Å². The van der Waals surface area contributed by atoms with Crippen LogP contribution in [0.5, 0.6) is 11.5 Å². The number of rotatable bonds is 9. The molecule has 13 nitrogen and oxygen atoms in total. The van der Waals surface area contributed by atoms with Crippen LogP contribution in [0.15, 0.2) is 65.5 Å². The zero-order valence-electron chi connectivity index (χ0n) is 22.3. The number of hydrogen-bond acceptors (Lipinski definition) is 8. The predicted octanol–water partition coefficient (Wildman–Crippen LogP) is 2.39. The molecule has 4 aromatic rings. The Morgan fingerprint density at radius 3 is 2.22 bits per heavy atom. The maximum absolute atomic E-state index is 15.4. The molecule has 0 aliphatic carbocycles. The lowest BCUT2D eigenvalue weighted by Crippen LogP contribution is -2.21. The third kappa shape index (κ3) is 7.06. The van der Waals surface area contributed by atoms with Crippen LogP contribution >= 0.6 is 0 Å². The van der Waals surface area contributed by atoms with Crippen molar-refractivity contribution in [2.24, 2.45) is 11.5 Å². The van der Waals surface area contributed by atoms with E-state index in [1.165, 1.54) is 38.5 Å². The summed E-state index contributed by atoms with van der Waals surface area (Å²) in [5.74, 6) is -1.83. The van der Waals surface area contributed by atoms with E-state index in [0.717, 1.165) is 11.6 Å². The molecule has 0 spiro atoms. The molecule has 0 unspecified atom stereocenters. The van der Waals surface area contributed by atoms with Gasteiger partial charge in [0, 0.05) is 29.8 Å². The fourth-order valence-electron chi connectivity index (χ4n) is 3.80. The third-order valence-electron chi connectivity index (χ3n) is 5.63. The van der Waals surface area contributed by atoms with E-state index in [-0.39, 0.29) is 40.0 Å². The van der Waals surface area contributed by atoms with Crippen LogP contribution in [0, 0.1) is 11.2 Å². The van der Waals surface area contributed by atoms with E-state index in [2.05, 4.69) is 15.4 Å². The first-order valence-corrected chi connectivity index (χ1v) is 11.9. The number of ether oxygens (including phenoxy) is 2. The molecule has 14 heteroatoms. The zero-order valence-corrected chi connectivity index (χ0v) is 22.3. The van der Waals surface area contributed by atoms with E-state index >= 15 is 4.39 Å². The summed E-state index contributed by atoms with van der Waals surface area (Å²) >= 11 is 0. The number of nitrogen functional groups attached to an aromatic ring is 1. The number of carboxylic acid groups (broad SMARTS) is 1. The Bertz CT molecular complexity index is 1630. The number of nitrogens with two attached hydrogens (primary N) is 2. The van der Waals surface area contributed by atoms with Gasteiger partial charge >= 0.3 is 5.69 Å². The number of carboxylic acids is 1. The minimum Gasteiger partial charge on any atom is -0.493 e. The van der Waals surface area contributed by atoms with Gasteiger partial charge in [0.05, 0.1) is 25.5 Å². The van der Waals surface area contributed by atoms with Crippen molar-refractivity contribution < 1.29 is 28.6 Å². The molecular weight excluding hydrogens is 537 g/mol. The van der Waals surface area contributed by atoms with Gasteiger partial charge < -0.3 is 31.4 Å². The first-order valence-electron chi connectivity index (χ1n) is 11.9. The van der Waals surface area contributed by atoms with E-state index < -0.39 is 29.4 Å². The molecule has 0 aliphatic heterocycles. The predicted molar refractivity (Wildman–Crippen MR) is 148 cm³/mol. The summed E-state index contributed by atoms with van der Waals surface area (Å²) in [6, 6.07) is 14.4. The third-order valence-corrected chi connectivity index (χ3v) is 5.63. The van der Waals surface area contributed by atoms with Gasteiger partial charge in [0.15, 0.2) is 17.3 Å². The van der Waals surface area contributed by atoms with Gasteiger partial charge in [0.25, 0.3) is 11.9 Å². The van der Waals surface area contributed by atoms with Crippen LogP contribution in [-0.2, 0) is 4.79 Å². The minimum atomic E-state index is -1.02. The molecule has 1 amide bonds. The molecule has 0 saturated heterocycles. The Morgan fingerprint density at radius 2 is 1.66 bits per heavy atom. The standard InChI is InChI=1S/C25H24FN7O4.C2H4O2/c1-36-19-11-16(17(26)12-20(19)37-2)21(30-14-9-7-13(8-10-14)22(27)28)24-31-25(35)33(32-24)18-6-4-3-5-15(18)23(29)34;1-2(3)4/h3-12,21,30H,1-2H3,(H3,27,28)(H2,29,34)(H,31,32,35);1H3,(H,3,4)/t21-;/m0./s1. The number of anilines is 1. The monoisotopic (exact) mass is 565 g/mol. The summed E-state index contributed by atoms with van der Waals surface area (Å²) in [5, 5.41) is 22.5. The summed E-state index contributed by atoms with van der Waals surface area (Å²) in [6.45, 7) is 1.08. The van der Waals surface area contributed by atoms with E-state index in [9.17, 15) is 9.59 Å². The van der Waals surface area contributed by atoms with Gasteiger partial charge in [-0.15, -0.1) is 5.10 Å². The van der Waals surface area contributed by atoms with Crippen molar-refractivity contribution in [1.29, 1.82) is 5.41 Å². The molecule has 0 radical (unpaired) electrons. The Kier molecular flexibility index (Phi) is 9.42. The Morgan fingerprint density at radius 1 is 1.07 bits per heavy atom. The summed E-state index contributed by atoms with van der Waals surface area (Å²) in [4.78, 5) is 36.5. The number of amides is 1. The number of aromatic nitrogens is 3. The molecule has 0 saturated carbocycles. The maximum Gasteiger partial charge on any atom is 0.348 e. The molecular formula is C27H28FN7O6. The van der Waals surface area contributed by atoms with Crippen molar-refractivity contribution in [2.75, 3.05) is 19.5 Å². The first kappa shape index (κ1) is 29.9. The van der Waals surface area contributed by atoms with Gasteiger partial charge in [-0.25, -0.2) is 9.18 Å². The number of H-pyrrole nitrogens is 1. The van der Waals surface area contributed by atoms with Crippen molar-refractivity contribution in [2.45, 2.75) is 13.0 Å². The topological polar surface area (TPSA) is 211 Å². The molecule has 8 N–H and O–H groups in total. The fraction of sp³-hybridized carbons (Fsp3) is 0.148. The van der Waals surface area contributed by atoms with Crippen molar-refractivity contribution in [1.82, 2.24) is 14.8 Å². The molecule has 4 rings (SSSR count). The summed E-state index contributed by atoms with van der Waals surface area (Å²) in [5.41, 5.74) is 11.7. The van der Waals surface area contributed by atoms with Crippen LogP contribution < -0.4 is 31.9 Å². The summed E-state index contributed by atoms with van der Waals surface area (Å²) in [6.07, 6.45) is 0. The van der Waals surface area contributed by atoms with Gasteiger partial charge in [0.1, 0.15) is 17.7 Å². The SMILES string of the molecule is CC(=O)O.COc1cc(F)c([C@H](Nc2ccc(C(=N)N)cc2)c2nn(-c3ccccc3C(N)=O)c(=O)[nH]2)cc1OC. The smallest absolute Gasteiger partial charge is 0.348 e. The quantitative estimate of drug-likeness (QED) is 0.130. The number of nitrogens with one attached hydrogen (secondary N) is 3. The summed E-state index contributed by atoms with van der Waals surface area (Å²) < 4.78 is 26.9. The number of nitrogens with zero attached hydrogens (tertiary/aromatic N) is 2. The number of hydrogen-bond donors (Lipinski definition) is 6. The van der Waals surface area contributed by atoms with Crippen LogP contribution in [0.3, 0.4) is 0 Å². The fourth-order valence-corrected chi connectivity index (χ4v) is 3.80. The Balaban J connectivity index is 0.00000108. The van der Waals surface area contributed by atoms with Crippen LogP contribution in [0.2, 0.25) is 0 Å². The lowest BCUT2D eigenvalue weighted by Gasteiger charge is -2.20. The van der Waals surface area contributed by atoms with Crippen LogP contribution in [0.4, 0.5) is 10.1 Å². The molecule has 0 fully saturated rings. The van der Waals surface area contributed by atoms with Gasteiger partial charge in [-0.3, -0.25) is 20.0 Å². The van der Waals surface area contributed by atoms with E-state index in [4.69, 9.17) is 36.3 Å². The molecule has 3 aromatic carbocycles. The number of benzene rings is 3. The van der Waals surface area contributed by atoms with Crippen LogP contribution in [0.25, 0.3) is 5.69 Å². The second kappa shape index (κ2) is 12.9. The average molecular weight is 566 g/mol.